The fourth-order valence-corrected chi connectivity index (χ4v) is 5.86. The molecule has 0 atom stereocenters. The first kappa shape index (κ1) is 34.7. The van der Waals surface area contributed by atoms with Crippen LogP contribution in [0.1, 0.15) is 207 Å². The number of ketones is 1. The van der Waals surface area contributed by atoms with Gasteiger partial charge in [-0.05, 0) is 25.7 Å². The van der Waals surface area contributed by atoms with Crippen LogP contribution in [0.2, 0.25) is 0 Å². The van der Waals surface area contributed by atoms with Crippen molar-refractivity contribution in [1.29, 1.82) is 0 Å². The number of carbonyl (C=O) groups excluding carboxylic acids is 1. The summed E-state index contributed by atoms with van der Waals surface area (Å²) in [6.07, 6.45) is 36.2. The number of Topliss-reactive ketones (excluding diaryl/α,β-unsaturated/α-hetero) is 1. The van der Waals surface area contributed by atoms with Crippen molar-refractivity contribution in [1.82, 2.24) is 0 Å². The van der Waals surface area contributed by atoms with Gasteiger partial charge >= 0.3 is 0 Å². The highest BCUT2D eigenvalue weighted by molar-refractivity contribution is 5.84. The van der Waals surface area contributed by atoms with Gasteiger partial charge in [-0.3, -0.25) is 4.79 Å². The maximum atomic E-state index is 13.8. The second-order valence-electron chi connectivity index (χ2n) is 11.8. The topological polar surface area (TPSA) is 17.1 Å². The van der Waals surface area contributed by atoms with Crippen molar-refractivity contribution in [3.63, 3.8) is 0 Å². The maximum Gasteiger partial charge on any atom is 0.139 e. The highest BCUT2D eigenvalue weighted by Crippen LogP contribution is 2.40. The van der Waals surface area contributed by atoms with Gasteiger partial charge in [0.05, 0.1) is 0 Å². The van der Waals surface area contributed by atoms with Gasteiger partial charge in [0.15, 0.2) is 0 Å². The van der Waals surface area contributed by atoms with E-state index >= 15 is 0 Å². The Hall–Kier alpha value is -0.330. The third kappa shape index (κ3) is 20.4. The Balaban J connectivity index is 4.93. The zero-order chi connectivity index (χ0) is 25.9. The highest BCUT2D eigenvalue weighted by Gasteiger charge is 2.35. The summed E-state index contributed by atoms with van der Waals surface area (Å²) in [4.78, 5) is 13.8. The molecule has 1 nitrogen and oxygen atoms in total. The zero-order valence-electron chi connectivity index (χ0n) is 25.2. The maximum absolute atomic E-state index is 13.8. The van der Waals surface area contributed by atoms with Gasteiger partial charge in [-0.2, -0.15) is 0 Å². The van der Waals surface area contributed by atoms with Crippen LogP contribution in [0, 0.1) is 5.41 Å². The normalized spacial score (nSPS) is 11.9. The van der Waals surface area contributed by atoms with Gasteiger partial charge in [0, 0.05) is 11.8 Å². The van der Waals surface area contributed by atoms with E-state index in [0.29, 0.717) is 5.78 Å². The summed E-state index contributed by atoms with van der Waals surface area (Å²) in [5, 5.41) is 0. The molecule has 0 rings (SSSR count). The van der Waals surface area contributed by atoms with E-state index < -0.39 is 0 Å². The Bertz CT molecular complexity index is 412. The van der Waals surface area contributed by atoms with Crippen LogP contribution < -0.4 is 0 Å². The first-order valence-corrected chi connectivity index (χ1v) is 16.7. The number of unbranched alkanes of at least 4 members (excludes halogenated alkanes) is 20. The minimum Gasteiger partial charge on any atom is -0.299 e. The van der Waals surface area contributed by atoms with Crippen LogP contribution in [0.25, 0.3) is 0 Å². The van der Waals surface area contributed by atoms with E-state index in [0.717, 1.165) is 12.8 Å². The van der Waals surface area contributed by atoms with Crippen molar-refractivity contribution in [2.45, 2.75) is 207 Å². The van der Waals surface area contributed by atoms with Crippen LogP contribution >= 0.6 is 0 Å². The molecule has 0 fully saturated rings. The molecule has 0 heterocycles. The highest BCUT2D eigenvalue weighted by atomic mass is 16.1. The van der Waals surface area contributed by atoms with Crippen molar-refractivity contribution in [2.75, 3.05) is 0 Å². The number of hydrogen-bond acceptors (Lipinski definition) is 1. The van der Waals surface area contributed by atoms with Crippen LogP contribution in [-0.2, 0) is 4.79 Å². The minimum atomic E-state index is 0.00403. The Kier molecular flexibility index (Phi) is 26.5. The third-order valence-corrected chi connectivity index (χ3v) is 8.38. The second-order valence-corrected chi connectivity index (χ2v) is 11.8. The predicted octanol–water partition coefficient (Wildman–Crippen LogP) is 12.5. The lowest BCUT2D eigenvalue weighted by Crippen LogP contribution is -2.31. The molecule has 0 amide bonds. The first-order chi connectivity index (χ1) is 17.2. The summed E-state index contributed by atoms with van der Waals surface area (Å²) in [6.45, 7) is 9.18. The zero-order valence-corrected chi connectivity index (χ0v) is 25.2. The van der Waals surface area contributed by atoms with E-state index in [1.807, 2.05) is 0 Å². The standard InChI is InChI=1S/C34H68O/c1-5-9-13-17-19-20-24-28-32-34(30-26-22-15-11-7-3,31-27-23-16-12-8-4)33(35)29-25-21-18-14-10-6-2/h5-32H2,1-4H3. The number of carbonyl (C=O) groups is 1. The smallest absolute Gasteiger partial charge is 0.139 e. The molecule has 0 spiro atoms. The average molecular weight is 493 g/mol. The first-order valence-electron chi connectivity index (χ1n) is 16.7. The summed E-state index contributed by atoms with van der Waals surface area (Å²) in [6, 6.07) is 0. The van der Waals surface area contributed by atoms with Crippen molar-refractivity contribution in [2.24, 2.45) is 5.41 Å². The van der Waals surface area contributed by atoms with Crippen LogP contribution in [0.15, 0.2) is 0 Å². The summed E-state index contributed by atoms with van der Waals surface area (Å²) in [7, 11) is 0. The van der Waals surface area contributed by atoms with E-state index in [1.165, 1.54) is 167 Å². The Morgan fingerprint density at radius 2 is 0.629 bits per heavy atom. The van der Waals surface area contributed by atoms with Crippen molar-refractivity contribution >= 4 is 5.78 Å². The Morgan fingerprint density at radius 1 is 0.371 bits per heavy atom. The number of hydrogen-bond donors (Lipinski definition) is 0. The van der Waals surface area contributed by atoms with Crippen molar-refractivity contribution < 1.29 is 4.79 Å². The molecule has 0 aromatic heterocycles. The molecule has 0 radical (unpaired) electrons. The van der Waals surface area contributed by atoms with Crippen molar-refractivity contribution in [3.8, 4) is 0 Å². The summed E-state index contributed by atoms with van der Waals surface area (Å²) in [5.74, 6) is 0.655. The van der Waals surface area contributed by atoms with Gasteiger partial charge < -0.3 is 0 Å². The molecule has 0 aromatic rings. The molecule has 1 heteroatoms. The average Bonchev–Trinajstić information content (AvgIpc) is 2.86. The molecule has 0 aliphatic carbocycles. The SMILES string of the molecule is CCCCCCCCCCC(CCCCCCC)(CCCCCCC)C(=O)CCCCCCCC. The molecule has 0 unspecified atom stereocenters. The Labute approximate surface area is 223 Å². The molecule has 0 bridgehead atoms. The van der Waals surface area contributed by atoms with E-state index in [-0.39, 0.29) is 5.41 Å². The molecule has 0 aliphatic heterocycles. The molecule has 0 aliphatic rings. The number of rotatable bonds is 29. The van der Waals surface area contributed by atoms with Gasteiger partial charge in [-0.15, -0.1) is 0 Å². The fourth-order valence-electron chi connectivity index (χ4n) is 5.86. The van der Waals surface area contributed by atoms with E-state index in [1.54, 1.807) is 0 Å². The lowest BCUT2D eigenvalue weighted by molar-refractivity contribution is -0.130. The lowest BCUT2D eigenvalue weighted by Gasteiger charge is -2.33. The molecule has 35 heavy (non-hydrogen) atoms. The van der Waals surface area contributed by atoms with E-state index in [4.69, 9.17) is 0 Å². The molecule has 210 valence electrons. The van der Waals surface area contributed by atoms with E-state index in [9.17, 15) is 4.79 Å². The summed E-state index contributed by atoms with van der Waals surface area (Å²) >= 11 is 0. The monoisotopic (exact) mass is 493 g/mol. The largest absolute Gasteiger partial charge is 0.299 e. The van der Waals surface area contributed by atoms with Gasteiger partial charge in [-0.1, -0.05) is 175 Å². The van der Waals surface area contributed by atoms with Gasteiger partial charge in [0.1, 0.15) is 5.78 Å². The minimum absolute atomic E-state index is 0.00403. The second kappa shape index (κ2) is 26.7. The van der Waals surface area contributed by atoms with Crippen LogP contribution in [-0.4, -0.2) is 5.78 Å². The van der Waals surface area contributed by atoms with Gasteiger partial charge in [0.2, 0.25) is 0 Å². The summed E-state index contributed by atoms with van der Waals surface area (Å²) in [5.41, 5.74) is 0.00403. The quantitative estimate of drug-likeness (QED) is 0.0948. The molecule has 0 aromatic carbocycles. The third-order valence-electron chi connectivity index (χ3n) is 8.38. The molecular formula is C34H68O. The Morgan fingerprint density at radius 3 is 0.943 bits per heavy atom. The molecule has 0 saturated carbocycles. The predicted molar refractivity (Wildman–Crippen MR) is 159 cm³/mol. The molecular weight excluding hydrogens is 424 g/mol. The van der Waals surface area contributed by atoms with Gasteiger partial charge in [-0.25, -0.2) is 0 Å². The fraction of sp³-hybridized carbons (Fsp3) is 0.971. The molecule has 0 N–H and O–H groups in total. The van der Waals surface area contributed by atoms with Crippen LogP contribution in [0.5, 0.6) is 0 Å². The van der Waals surface area contributed by atoms with Crippen LogP contribution in [0.3, 0.4) is 0 Å². The lowest BCUT2D eigenvalue weighted by atomic mass is 9.69. The van der Waals surface area contributed by atoms with E-state index in [2.05, 4.69) is 27.7 Å². The van der Waals surface area contributed by atoms with Crippen LogP contribution in [0.4, 0.5) is 0 Å². The molecule has 0 saturated heterocycles. The van der Waals surface area contributed by atoms with Gasteiger partial charge in [0.25, 0.3) is 0 Å². The summed E-state index contributed by atoms with van der Waals surface area (Å²) < 4.78 is 0. The van der Waals surface area contributed by atoms with Crippen molar-refractivity contribution in [3.05, 3.63) is 0 Å².